The number of fused-ring (bicyclic) bond motifs is 3. The molecule has 4 aromatic rings. The highest BCUT2D eigenvalue weighted by molar-refractivity contribution is 5.97. The van der Waals surface area contributed by atoms with E-state index in [2.05, 4.69) is 4.99 Å². The van der Waals surface area contributed by atoms with Crippen LogP contribution in [-0.2, 0) is 16.0 Å². The monoisotopic (exact) mass is 518 g/mol. The molecule has 38 heavy (non-hydrogen) atoms. The van der Waals surface area contributed by atoms with E-state index in [4.69, 9.17) is 23.9 Å². The first kappa shape index (κ1) is 25.2. The molecule has 0 atom stereocenters. The number of carbonyl (C=O) groups is 2. The molecule has 0 radical (unpaired) electrons. The van der Waals surface area contributed by atoms with Crippen LogP contribution in [0.5, 0.6) is 11.5 Å². The van der Waals surface area contributed by atoms with E-state index < -0.39 is 11.9 Å². The van der Waals surface area contributed by atoms with Crippen LogP contribution in [0.1, 0.15) is 39.6 Å². The normalized spacial score (nSPS) is 12.9. The van der Waals surface area contributed by atoms with E-state index in [1.807, 2.05) is 13.0 Å². The Bertz CT molecular complexity index is 1700. The molecule has 5 rings (SSSR count). The summed E-state index contributed by atoms with van der Waals surface area (Å²) in [4.78, 5) is 49.1. The summed E-state index contributed by atoms with van der Waals surface area (Å²) in [6.07, 6.45) is 2.13. The highest BCUT2D eigenvalue weighted by Crippen LogP contribution is 2.32. The Balaban J connectivity index is 1.82. The van der Waals surface area contributed by atoms with Crippen LogP contribution in [0.2, 0.25) is 0 Å². The lowest BCUT2D eigenvalue weighted by molar-refractivity contribution is 0.0523. The van der Waals surface area contributed by atoms with Gasteiger partial charge in [-0.25, -0.2) is 9.78 Å². The molecule has 0 unspecified atom stereocenters. The lowest BCUT2D eigenvalue weighted by atomic mass is 10.1. The summed E-state index contributed by atoms with van der Waals surface area (Å²) in [5.41, 5.74) is 1.47. The Labute approximate surface area is 216 Å². The molecular weight excluding hydrogens is 492 g/mol. The van der Waals surface area contributed by atoms with Crippen molar-refractivity contribution >= 4 is 28.6 Å². The fraction of sp³-hybridized carbons (Fsp3) is 0.296. The minimum Gasteiger partial charge on any atom is -0.462 e. The highest BCUT2D eigenvalue weighted by atomic mass is 16.7. The van der Waals surface area contributed by atoms with E-state index >= 15 is 0 Å². The zero-order valence-corrected chi connectivity index (χ0v) is 21.2. The summed E-state index contributed by atoms with van der Waals surface area (Å²) >= 11 is 0. The van der Waals surface area contributed by atoms with Gasteiger partial charge in [0.05, 0.1) is 12.0 Å². The van der Waals surface area contributed by atoms with Crippen molar-refractivity contribution in [3.63, 3.8) is 0 Å². The fourth-order valence-electron chi connectivity index (χ4n) is 4.34. The number of pyridine rings is 2. The van der Waals surface area contributed by atoms with E-state index in [0.29, 0.717) is 35.8 Å². The molecule has 0 fully saturated rings. The van der Waals surface area contributed by atoms with E-state index in [0.717, 1.165) is 5.56 Å². The van der Waals surface area contributed by atoms with Gasteiger partial charge < -0.3 is 23.5 Å². The molecule has 4 heterocycles. The number of carbonyl (C=O) groups excluding carboxylic acids is 2. The Kier molecular flexibility index (Phi) is 6.93. The van der Waals surface area contributed by atoms with Gasteiger partial charge >= 0.3 is 5.97 Å². The van der Waals surface area contributed by atoms with Gasteiger partial charge in [-0.15, -0.1) is 0 Å². The van der Waals surface area contributed by atoms with E-state index in [1.54, 1.807) is 43.0 Å². The van der Waals surface area contributed by atoms with Crippen molar-refractivity contribution in [2.24, 2.45) is 4.99 Å². The number of hydrogen-bond acceptors (Lipinski definition) is 8. The molecule has 0 aliphatic carbocycles. The van der Waals surface area contributed by atoms with Gasteiger partial charge in [0.1, 0.15) is 16.9 Å². The van der Waals surface area contributed by atoms with Gasteiger partial charge in [0.2, 0.25) is 6.79 Å². The van der Waals surface area contributed by atoms with Crippen molar-refractivity contribution in [1.29, 1.82) is 0 Å². The van der Waals surface area contributed by atoms with Crippen molar-refractivity contribution in [2.45, 2.75) is 26.8 Å². The Morgan fingerprint density at radius 1 is 1.13 bits per heavy atom. The van der Waals surface area contributed by atoms with Gasteiger partial charge in [0, 0.05) is 32.0 Å². The van der Waals surface area contributed by atoms with E-state index in [9.17, 15) is 14.4 Å². The van der Waals surface area contributed by atoms with Gasteiger partial charge in [-0.3, -0.25) is 14.0 Å². The van der Waals surface area contributed by atoms with Crippen molar-refractivity contribution < 1.29 is 28.5 Å². The first-order valence-corrected chi connectivity index (χ1v) is 12.1. The standard InChI is InChI=1S/C27H26N4O7/c1-4-36-27(34)19-14-18-23(28-22-16(2)7-5-10-31(22)26(18)33)30(11-6-12-35-3)24(19)29-25(32)17-8-9-20-21(13-17)38-15-37-20/h5,7-10,13-14H,4,6,11-12,15H2,1-3H3. The minimum absolute atomic E-state index is 0.0163. The van der Waals surface area contributed by atoms with Crippen molar-refractivity contribution in [3.8, 4) is 11.5 Å². The molecule has 196 valence electrons. The summed E-state index contributed by atoms with van der Waals surface area (Å²) in [5, 5.41) is 0.197. The third kappa shape index (κ3) is 4.52. The number of ether oxygens (including phenoxy) is 4. The lowest BCUT2D eigenvalue weighted by Crippen LogP contribution is -2.33. The molecule has 0 spiro atoms. The molecule has 1 aliphatic heterocycles. The maximum atomic E-state index is 13.5. The summed E-state index contributed by atoms with van der Waals surface area (Å²) in [5.74, 6) is -0.357. The van der Waals surface area contributed by atoms with Gasteiger partial charge in [-0.1, -0.05) is 6.07 Å². The molecular formula is C27H26N4O7. The molecule has 1 aromatic carbocycles. The summed E-state index contributed by atoms with van der Waals surface area (Å²) in [7, 11) is 1.58. The Hall–Kier alpha value is -4.51. The zero-order chi connectivity index (χ0) is 26.8. The third-order valence-corrected chi connectivity index (χ3v) is 6.16. The fourth-order valence-corrected chi connectivity index (χ4v) is 4.34. The molecule has 11 nitrogen and oxygen atoms in total. The zero-order valence-electron chi connectivity index (χ0n) is 21.2. The summed E-state index contributed by atoms with van der Waals surface area (Å²) in [6, 6.07) is 9.74. The maximum absolute atomic E-state index is 13.5. The van der Waals surface area contributed by atoms with E-state index in [1.165, 1.54) is 16.5 Å². The molecule has 0 saturated carbocycles. The van der Waals surface area contributed by atoms with E-state index in [-0.39, 0.29) is 47.5 Å². The average Bonchev–Trinajstić information content (AvgIpc) is 3.38. The van der Waals surface area contributed by atoms with Crippen LogP contribution in [0.3, 0.4) is 0 Å². The summed E-state index contributed by atoms with van der Waals surface area (Å²) in [6.45, 7) is 4.37. The number of aryl methyl sites for hydroxylation is 2. The van der Waals surface area contributed by atoms with Crippen LogP contribution in [-0.4, -0.2) is 52.9 Å². The van der Waals surface area contributed by atoms with Crippen LogP contribution in [0.4, 0.5) is 0 Å². The smallest absolute Gasteiger partial charge is 0.341 e. The van der Waals surface area contributed by atoms with Crippen LogP contribution < -0.4 is 20.5 Å². The van der Waals surface area contributed by atoms with Gasteiger partial charge in [0.15, 0.2) is 17.0 Å². The van der Waals surface area contributed by atoms with Crippen LogP contribution >= 0.6 is 0 Å². The molecule has 1 aliphatic rings. The number of aromatic nitrogens is 3. The number of hydrogen-bond donors (Lipinski definition) is 0. The first-order valence-electron chi connectivity index (χ1n) is 12.1. The SMILES string of the molecule is CCOC(=O)c1cc2c(=O)n3cccc(C)c3nc2n(CCCOC)c1=NC(=O)c1ccc2c(c1)OCO2. The van der Waals surface area contributed by atoms with Gasteiger partial charge in [0.25, 0.3) is 11.5 Å². The average molecular weight is 519 g/mol. The molecule has 3 aromatic heterocycles. The van der Waals surface area contributed by atoms with Crippen molar-refractivity contribution in [1.82, 2.24) is 14.0 Å². The number of methoxy groups -OCH3 is 1. The second-order valence-electron chi connectivity index (χ2n) is 8.62. The Morgan fingerprint density at radius 3 is 2.74 bits per heavy atom. The van der Waals surface area contributed by atoms with Crippen LogP contribution in [0.25, 0.3) is 16.7 Å². The van der Waals surface area contributed by atoms with Crippen LogP contribution in [0.15, 0.2) is 52.4 Å². The van der Waals surface area contributed by atoms with Gasteiger partial charge in [-0.05, 0) is 56.2 Å². The summed E-state index contributed by atoms with van der Waals surface area (Å²) < 4.78 is 24.3. The highest BCUT2D eigenvalue weighted by Gasteiger charge is 2.21. The largest absolute Gasteiger partial charge is 0.462 e. The number of rotatable bonds is 7. The van der Waals surface area contributed by atoms with Crippen molar-refractivity contribution in [3.05, 3.63) is 75.1 Å². The lowest BCUT2D eigenvalue weighted by Gasteiger charge is -2.15. The van der Waals surface area contributed by atoms with Gasteiger partial charge in [-0.2, -0.15) is 4.99 Å². The minimum atomic E-state index is -0.708. The predicted octanol–water partition coefficient (Wildman–Crippen LogP) is 2.64. The number of benzene rings is 1. The second kappa shape index (κ2) is 10.5. The first-order chi connectivity index (χ1) is 18.4. The number of amides is 1. The molecule has 0 N–H and O–H groups in total. The molecule has 11 heteroatoms. The molecule has 1 amide bonds. The number of esters is 1. The predicted molar refractivity (Wildman–Crippen MR) is 137 cm³/mol. The quantitative estimate of drug-likeness (QED) is 0.208. The number of nitrogens with zero attached hydrogens (tertiary/aromatic N) is 4. The second-order valence-corrected chi connectivity index (χ2v) is 8.62. The van der Waals surface area contributed by atoms with Crippen molar-refractivity contribution in [2.75, 3.05) is 27.1 Å². The van der Waals surface area contributed by atoms with Crippen LogP contribution in [0, 0.1) is 6.92 Å². The topological polar surface area (TPSA) is 123 Å². The Morgan fingerprint density at radius 2 is 1.95 bits per heavy atom. The molecule has 0 bridgehead atoms. The maximum Gasteiger partial charge on any atom is 0.341 e. The molecule has 0 saturated heterocycles. The third-order valence-electron chi connectivity index (χ3n) is 6.16.